The van der Waals surface area contributed by atoms with Gasteiger partial charge in [0.1, 0.15) is 15.9 Å². The molecule has 1 aromatic carbocycles. The Balaban J connectivity index is 1.40. The Kier molecular flexibility index (Phi) is 4.92. The summed E-state index contributed by atoms with van der Waals surface area (Å²) >= 11 is 2.79. The molecule has 2 aromatic heterocycles. The molecule has 0 spiro atoms. The fourth-order valence-electron chi connectivity index (χ4n) is 3.22. The van der Waals surface area contributed by atoms with Crippen molar-refractivity contribution in [3.05, 3.63) is 51.2 Å². The van der Waals surface area contributed by atoms with Crippen molar-refractivity contribution >= 4 is 49.6 Å². The quantitative estimate of drug-likeness (QED) is 0.658. The smallest absolute Gasteiger partial charge is 0.348 e. The van der Waals surface area contributed by atoms with E-state index in [1.807, 2.05) is 24.3 Å². The molecule has 7 heteroatoms. The minimum absolute atomic E-state index is 0.374. The number of benzene rings is 1. The number of nitrogens with one attached hydrogen (secondary N) is 1. The van der Waals surface area contributed by atoms with Gasteiger partial charge in [-0.2, -0.15) is 5.26 Å². The summed E-state index contributed by atoms with van der Waals surface area (Å²) in [6.07, 6.45) is 4.01. The van der Waals surface area contributed by atoms with Gasteiger partial charge < -0.3 is 10.1 Å². The number of esters is 1. The summed E-state index contributed by atoms with van der Waals surface area (Å²) in [7, 11) is 0. The molecular formula is C20H16N2O3S2. The average Bonchev–Trinajstić information content (AvgIpc) is 3.26. The number of hydrogen-bond acceptors (Lipinski definition) is 6. The van der Waals surface area contributed by atoms with E-state index in [1.54, 1.807) is 6.07 Å². The number of hydrogen-bond donors (Lipinski definition) is 1. The van der Waals surface area contributed by atoms with Crippen molar-refractivity contribution in [1.82, 2.24) is 0 Å². The maximum absolute atomic E-state index is 12.2. The summed E-state index contributed by atoms with van der Waals surface area (Å²) in [4.78, 5) is 26.1. The van der Waals surface area contributed by atoms with E-state index in [0.717, 1.165) is 41.3 Å². The molecule has 5 nitrogen and oxygen atoms in total. The van der Waals surface area contributed by atoms with E-state index >= 15 is 0 Å². The molecule has 3 aromatic rings. The first-order valence-corrected chi connectivity index (χ1v) is 10.3. The number of nitrogens with zero attached hydrogens (tertiary/aromatic N) is 1. The van der Waals surface area contributed by atoms with Crippen LogP contribution in [-0.2, 0) is 22.4 Å². The molecular weight excluding hydrogens is 380 g/mol. The van der Waals surface area contributed by atoms with E-state index in [0.29, 0.717) is 15.4 Å². The van der Waals surface area contributed by atoms with Gasteiger partial charge in [0, 0.05) is 9.58 Å². The van der Waals surface area contributed by atoms with Crippen LogP contribution >= 0.6 is 22.7 Å². The zero-order valence-electron chi connectivity index (χ0n) is 14.4. The minimum Gasteiger partial charge on any atom is -0.451 e. The highest BCUT2D eigenvalue weighted by Crippen LogP contribution is 2.37. The molecule has 136 valence electrons. The number of rotatable bonds is 4. The Morgan fingerprint density at radius 1 is 1.19 bits per heavy atom. The molecule has 0 bridgehead atoms. The van der Waals surface area contributed by atoms with Gasteiger partial charge >= 0.3 is 5.97 Å². The molecule has 1 amide bonds. The summed E-state index contributed by atoms with van der Waals surface area (Å²) in [5.41, 5.74) is 1.62. The highest BCUT2D eigenvalue weighted by molar-refractivity contribution is 7.20. The SMILES string of the molecule is N#Cc1c(NC(=O)COC(=O)c2cc3ccccc3s2)sc2c1CCCC2. The van der Waals surface area contributed by atoms with Crippen molar-refractivity contribution in [2.45, 2.75) is 25.7 Å². The average molecular weight is 396 g/mol. The molecule has 4 rings (SSSR count). The van der Waals surface area contributed by atoms with Crippen LogP contribution in [0.3, 0.4) is 0 Å². The zero-order chi connectivity index (χ0) is 18.8. The molecule has 0 fully saturated rings. The van der Waals surface area contributed by atoms with Crippen molar-refractivity contribution in [1.29, 1.82) is 5.26 Å². The summed E-state index contributed by atoms with van der Waals surface area (Å²) in [5.74, 6) is -0.947. The first-order chi connectivity index (χ1) is 13.2. The lowest BCUT2D eigenvalue weighted by Crippen LogP contribution is -2.20. The second-order valence-corrected chi connectivity index (χ2v) is 8.49. The topological polar surface area (TPSA) is 79.2 Å². The fraction of sp³-hybridized carbons (Fsp3) is 0.250. The fourth-order valence-corrected chi connectivity index (χ4v) is 5.43. The Morgan fingerprint density at radius 2 is 2.00 bits per heavy atom. The van der Waals surface area contributed by atoms with Crippen LogP contribution in [0.15, 0.2) is 30.3 Å². The predicted octanol–water partition coefficient (Wildman–Crippen LogP) is 4.51. The standard InChI is InChI=1S/C20H16N2O3S2/c21-10-14-13-6-2-4-8-16(13)27-19(14)22-18(23)11-25-20(24)17-9-12-5-1-3-7-15(12)26-17/h1,3,5,7,9H,2,4,6,8,11H2,(H,22,23). The van der Waals surface area contributed by atoms with Gasteiger partial charge in [0.15, 0.2) is 6.61 Å². The third kappa shape index (κ3) is 3.59. The molecule has 1 aliphatic rings. The van der Waals surface area contributed by atoms with Crippen LogP contribution in [0, 0.1) is 11.3 Å². The Labute approximate surface area is 164 Å². The van der Waals surface area contributed by atoms with Crippen molar-refractivity contribution < 1.29 is 14.3 Å². The summed E-state index contributed by atoms with van der Waals surface area (Å²) in [5, 5.41) is 13.7. The molecule has 0 aliphatic heterocycles. The van der Waals surface area contributed by atoms with E-state index in [4.69, 9.17) is 4.74 Å². The molecule has 0 saturated carbocycles. The minimum atomic E-state index is -0.516. The van der Waals surface area contributed by atoms with Gasteiger partial charge in [-0.25, -0.2) is 4.79 Å². The van der Waals surface area contributed by atoms with Gasteiger partial charge in [0.2, 0.25) is 0 Å². The second kappa shape index (κ2) is 7.51. The lowest BCUT2D eigenvalue weighted by atomic mass is 9.96. The maximum atomic E-state index is 12.2. The second-order valence-electron chi connectivity index (χ2n) is 6.30. The van der Waals surface area contributed by atoms with Gasteiger partial charge in [-0.05, 0) is 48.8 Å². The van der Waals surface area contributed by atoms with Crippen molar-refractivity contribution in [2.24, 2.45) is 0 Å². The molecule has 27 heavy (non-hydrogen) atoms. The van der Waals surface area contributed by atoms with E-state index in [9.17, 15) is 14.9 Å². The Morgan fingerprint density at radius 3 is 2.81 bits per heavy atom. The van der Waals surface area contributed by atoms with Crippen LogP contribution in [0.1, 0.15) is 38.5 Å². The molecule has 1 aliphatic carbocycles. The van der Waals surface area contributed by atoms with Gasteiger partial charge in [0.25, 0.3) is 5.91 Å². The van der Waals surface area contributed by atoms with Crippen LogP contribution in [0.25, 0.3) is 10.1 Å². The van der Waals surface area contributed by atoms with E-state index < -0.39 is 11.9 Å². The molecule has 0 atom stereocenters. The summed E-state index contributed by atoms with van der Waals surface area (Å²) < 4.78 is 6.15. The van der Waals surface area contributed by atoms with Gasteiger partial charge in [-0.15, -0.1) is 22.7 Å². The first-order valence-electron chi connectivity index (χ1n) is 8.66. The normalized spacial score (nSPS) is 13.0. The Bertz CT molecular complexity index is 1040. The number of amides is 1. The number of aryl methyl sites for hydroxylation is 1. The lowest BCUT2D eigenvalue weighted by Gasteiger charge is -2.09. The van der Waals surface area contributed by atoms with Crippen LogP contribution < -0.4 is 5.32 Å². The van der Waals surface area contributed by atoms with Crippen LogP contribution in [0.2, 0.25) is 0 Å². The highest BCUT2D eigenvalue weighted by atomic mass is 32.1. The highest BCUT2D eigenvalue weighted by Gasteiger charge is 2.22. The number of carbonyl (C=O) groups excluding carboxylic acids is 2. The van der Waals surface area contributed by atoms with Crippen LogP contribution in [0.5, 0.6) is 0 Å². The maximum Gasteiger partial charge on any atom is 0.348 e. The molecule has 2 heterocycles. The van der Waals surface area contributed by atoms with Crippen LogP contribution in [-0.4, -0.2) is 18.5 Å². The molecule has 1 N–H and O–H groups in total. The monoisotopic (exact) mass is 396 g/mol. The van der Waals surface area contributed by atoms with E-state index in [1.165, 1.54) is 27.6 Å². The first kappa shape index (κ1) is 17.7. The molecule has 0 unspecified atom stereocenters. The zero-order valence-corrected chi connectivity index (χ0v) is 16.0. The lowest BCUT2D eigenvalue weighted by molar-refractivity contribution is -0.119. The largest absolute Gasteiger partial charge is 0.451 e. The molecule has 0 saturated heterocycles. The number of thiophene rings is 2. The van der Waals surface area contributed by atoms with Gasteiger partial charge in [-0.1, -0.05) is 18.2 Å². The van der Waals surface area contributed by atoms with E-state index in [2.05, 4.69) is 11.4 Å². The van der Waals surface area contributed by atoms with Gasteiger partial charge in [-0.3, -0.25) is 4.79 Å². The number of carbonyl (C=O) groups is 2. The third-order valence-electron chi connectivity index (χ3n) is 4.50. The predicted molar refractivity (Wildman–Crippen MR) is 106 cm³/mol. The number of anilines is 1. The van der Waals surface area contributed by atoms with Gasteiger partial charge in [0.05, 0.1) is 5.56 Å². The van der Waals surface area contributed by atoms with Crippen molar-refractivity contribution in [3.8, 4) is 6.07 Å². The number of ether oxygens (including phenoxy) is 1. The number of nitriles is 1. The summed E-state index contributed by atoms with van der Waals surface area (Å²) in [6.45, 7) is -0.374. The summed E-state index contributed by atoms with van der Waals surface area (Å²) in [6, 6.07) is 11.7. The third-order valence-corrected chi connectivity index (χ3v) is 6.80. The number of fused-ring (bicyclic) bond motifs is 2. The van der Waals surface area contributed by atoms with Crippen LogP contribution in [0.4, 0.5) is 5.00 Å². The van der Waals surface area contributed by atoms with Crippen molar-refractivity contribution in [2.75, 3.05) is 11.9 Å². The Hall–Kier alpha value is -2.69. The van der Waals surface area contributed by atoms with Crippen molar-refractivity contribution in [3.63, 3.8) is 0 Å². The van der Waals surface area contributed by atoms with E-state index in [-0.39, 0.29) is 6.61 Å². The molecule has 0 radical (unpaired) electrons.